The highest BCUT2D eigenvalue weighted by atomic mass is 35.5. The molecular formula is C12H7ClF3N5. The van der Waals surface area contributed by atoms with Gasteiger partial charge in [0, 0.05) is 10.6 Å². The zero-order valence-electron chi connectivity index (χ0n) is 10.2. The van der Waals surface area contributed by atoms with Crippen LogP contribution in [0.2, 0.25) is 5.02 Å². The number of nitriles is 1. The van der Waals surface area contributed by atoms with E-state index < -0.39 is 11.7 Å². The molecule has 2 rings (SSSR count). The van der Waals surface area contributed by atoms with Gasteiger partial charge in [0.15, 0.2) is 0 Å². The van der Waals surface area contributed by atoms with Gasteiger partial charge in [-0.2, -0.15) is 23.4 Å². The summed E-state index contributed by atoms with van der Waals surface area (Å²) in [4.78, 5) is 7.25. The summed E-state index contributed by atoms with van der Waals surface area (Å²) >= 11 is 5.60. The summed E-state index contributed by atoms with van der Waals surface area (Å²) in [6, 6.07) is 4.78. The first-order valence-electron chi connectivity index (χ1n) is 5.44. The normalized spacial score (nSPS) is 11.2. The number of halogens is 4. The van der Waals surface area contributed by atoms with Crippen molar-refractivity contribution in [1.82, 2.24) is 9.97 Å². The van der Waals surface area contributed by atoms with E-state index >= 15 is 0 Å². The molecule has 0 bridgehead atoms. The molecule has 0 radical (unpaired) electrons. The predicted octanol–water partition coefficient (Wildman–Crippen LogP) is 2.85. The molecule has 1 aromatic carbocycles. The highest BCUT2D eigenvalue weighted by Crippen LogP contribution is 2.39. The van der Waals surface area contributed by atoms with Crippen molar-refractivity contribution in [3.05, 3.63) is 34.3 Å². The molecule has 9 heteroatoms. The molecular weight excluding hydrogens is 307 g/mol. The number of alkyl halides is 3. The van der Waals surface area contributed by atoms with Gasteiger partial charge >= 0.3 is 6.18 Å². The Kier molecular flexibility index (Phi) is 3.61. The second kappa shape index (κ2) is 5.10. The summed E-state index contributed by atoms with van der Waals surface area (Å²) < 4.78 is 39.3. The van der Waals surface area contributed by atoms with Gasteiger partial charge in [-0.3, -0.25) is 0 Å². The summed E-state index contributed by atoms with van der Waals surface area (Å²) in [6.07, 6.45) is -4.68. The molecule has 0 amide bonds. The summed E-state index contributed by atoms with van der Waals surface area (Å²) in [5.74, 6) is -0.618. The topological polar surface area (TPSA) is 102 Å². The first-order chi connectivity index (χ1) is 9.74. The molecule has 4 N–H and O–H groups in total. The van der Waals surface area contributed by atoms with Gasteiger partial charge in [0.05, 0.1) is 11.3 Å². The van der Waals surface area contributed by atoms with Crippen LogP contribution >= 0.6 is 11.6 Å². The van der Waals surface area contributed by atoms with E-state index in [1.54, 1.807) is 6.07 Å². The Labute approximate surface area is 122 Å². The number of nitrogens with two attached hydrogens (primary N) is 2. The van der Waals surface area contributed by atoms with Crippen molar-refractivity contribution in [1.29, 1.82) is 5.26 Å². The fourth-order valence-corrected chi connectivity index (χ4v) is 1.93. The average molecular weight is 314 g/mol. The maximum absolute atomic E-state index is 13.1. The van der Waals surface area contributed by atoms with E-state index in [1.807, 2.05) is 0 Å². The molecule has 1 aromatic heterocycles. The molecule has 1 heterocycles. The smallest absolute Gasteiger partial charge is 0.382 e. The van der Waals surface area contributed by atoms with Gasteiger partial charge in [-0.25, -0.2) is 4.98 Å². The van der Waals surface area contributed by atoms with Crippen molar-refractivity contribution in [3.8, 4) is 17.3 Å². The molecule has 0 saturated heterocycles. The summed E-state index contributed by atoms with van der Waals surface area (Å²) in [7, 11) is 0. The lowest BCUT2D eigenvalue weighted by molar-refractivity contribution is -0.137. The monoisotopic (exact) mass is 313 g/mol. The fraction of sp³-hybridized carbons (Fsp3) is 0.0833. The molecule has 108 valence electrons. The Morgan fingerprint density at radius 2 is 1.86 bits per heavy atom. The molecule has 21 heavy (non-hydrogen) atoms. The Morgan fingerprint density at radius 1 is 1.19 bits per heavy atom. The molecule has 2 aromatic rings. The maximum Gasteiger partial charge on any atom is 0.417 e. The maximum atomic E-state index is 13.1. The summed E-state index contributed by atoms with van der Waals surface area (Å²) in [5.41, 5.74) is 8.94. The molecule has 0 aliphatic rings. The standard InChI is InChI=1S/C12H7ClF3N5/c13-5-1-2-6(8(3-5)12(14,15)16)9-7(4-17)10(18)21-11(19)20-9/h1-3H,(H4,18,19,20,21). The van der Waals surface area contributed by atoms with Crippen molar-refractivity contribution in [3.63, 3.8) is 0 Å². The lowest BCUT2D eigenvalue weighted by Gasteiger charge is -2.14. The lowest BCUT2D eigenvalue weighted by atomic mass is 10.0. The minimum Gasteiger partial charge on any atom is -0.382 e. The predicted molar refractivity (Wildman–Crippen MR) is 71.0 cm³/mol. The number of rotatable bonds is 1. The van der Waals surface area contributed by atoms with Crippen molar-refractivity contribution in [2.24, 2.45) is 0 Å². The second-order valence-corrected chi connectivity index (χ2v) is 4.43. The van der Waals surface area contributed by atoms with Crippen LogP contribution in [0.15, 0.2) is 18.2 Å². The Bertz CT molecular complexity index is 752. The van der Waals surface area contributed by atoms with Crippen LogP contribution in [0.1, 0.15) is 11.1 Å². The van der Waals surface area contributed by atoms with E-state index in [0.717, 1.165) is 12.1 Å². The van der Waals surface area contributed by atoms with Crippen molar-refractivity contribution >= 4 is 23.4 Å². The van der Waals surface area contributed by atoms with Crippen LogP contribution in [0.3, 0.4) is 0 Å². The van der Waals surface area contributed by atoms with Gasteiger partial charge in [0.1, 0.15) is 17.5 Å². The minimum atomic E-state index is -4.68. The van der Waals surface area contributed by atoms with Crippen LogP contribution < -0.4 is 11.5 Å². The third-order valence-electron chi connectivity index (χ3n) is 2.61. The molecule has 0 saturated carbocycles. The largest absolute Gasteiger partial charge is 0.417 e. The van der Waals surface area contributed by atoms with E-state index in [-0.39, 0.29) is 33.6 Å². The van der Waals surface area contributed by atoms with Gasteiger partial charge in [0.2, 0.25) is 5.95 Å². The van der Waals surface area contributed by atoms with E-state index in [0.29, 0.717) is 0 Å². The quantitative estimate of drug-likeness (QED) is 0.843. The number of nitrogen functional groups attached to an aromatic ring is 2. The van der Waals surface area contributed by atoms with Crippen molar-refractivity contribution < 1.29 is 13.2 Å². The van der Waals surface area contributed by atoms with E-state index in [9.17, 15) is 13.2 Å². The zero-order chi connectivity index (χ0) is 15.8. The van der Waals surface area contributed by atoms with Crippen LogP contribution in [0.25, 0.3) is 11.3 Å². The third kappa shape index (κ3) is 2.83. The highest BCUT2D eigenvalue weighted by molar-refractivity contribution is 6.30. The Balaban J connectivity index is 2.83. The molecule has 0 aliphatic heterocycles. The number of hydrogen-bond donors (Lipinski definition) is 2. The average Bonchev–Trinajstić information content (AvgIpc) is 2.36. The van der Waals surface area contributed by atoms with Gasteiger partial charge < -0.3 is 11.5 Å². The number of aromatic nitrogens is 2. The molecule has 0 unspecified atom stereocenters. The first kappa shape index (κ1) is 14.9. The van der Waals surface area contributed by atoms with Crippen LogP contribution in [-0.2, 0) is 6.18 Å². The first-order valence-corrected chi connectivity index (χ1v) is 5.82. The fourth-order valence-electron chi connectivity index (χ4n) is 1.76. The van der Waals surface area contributed by atoms with Gasteiger partial charge in [-0.15, -0.1) is 0 Å². The zero-order valence-corrected chi connectivity index (χ0v) is 11.0. The van der Waals surface area contributed by atoms with Gasteiger partial charge in [-0.1, -0.05) is 17.7 Å². The lowest BCUT2D eigenvalue weighted by Crippen LogP contribution is -2.10. The molecule has 0 fully saturated rings. The Morgan fingerprint density at radius 3 is 2.43 bits per heavy atom. The minimum absolute atomic E-state index is 0.0976. The van der Waals surface area contributed by atoms with E-state index in [1.165, 1.54) is 6.07 Å². The van der Waals surface area contributed by atoms with Crippen molar-refractivity contribution in [2.45, 2.75) is 6.18 Å². The van der Waals surface area contributed by atoms with Crippen LogP contribution in [-0.4, -0.2) is 9.97 Å². The van der Waals surface area contributed by atoms with Crippen LogP contribution in [0.4, 0.5) is 24.9 Å². The SMILES string of the molecule is N#Cc1c(N)nc(N)nc1-c1ccc(Cl)cc1C(F)(F)F. The number of hydrogen-bond acceptors (Lipinski definition) is 5. The van der Waals surface area contributed by atoms with E-state index in [2.05, 4.69) is 9.97 Å². The molecule has 0 atom stereocenters. The molecule has 0 spiro atoms. The second-order valence-electron chi connectivity index (χ2n) is 3.99. The van der Waals surface area contributed by atoms with Crippen LogP contribution in [0.5, 0.6) is 0 Å². The van der Waals surface area contributed by atoms with Crippen molar-refractivity contribution in [2.75, 3.05) is 11.5 Å². The van der Waals surface area contributed by atoms with Crippen LogP contribution in [0, 0.1) is 11.3 Å². The summed E-state index contributed by atoms with van der Waals surface area (Å²) in [6.45, 7) is 0. The van der Waals surface area contributed by atoms with Gasteiger partial charge in [-0.05, 0) is 12.1 Å². The number of anilines is 2. The summed E-state index contributed by atoms with van der Waals surface area (Å²) in [5, 5.41) is 8.94. The molecule has 5 nitrogen and oxygen atoms in total. The number of nitrogens with zero attached hydrogens (tertiary/aromatic N) is 3. The van der Waals surface area contributed by atoms with Gasteiger partial charge in [0.25, 0.3) is 0 Å². The van der Waals surface area contributed by atoms with E-state index in [4.69, 9.17) is 28.3 Å². The number of benzene rings is 1. The third-order valence-corrected chi connectivity index (χ3v) is 2.84. The molecule has 0 aliphatic carbocycles. The highest BCUT2D eigenvalue weighted by Gasteiger charge is 2.35. The Hall–Kier alpha value is -2.53.